The number of nitrogens with one attached hydrogen (secondary N) is 4. The molecule has 0 bridgehead atoms. The number of hydrogen-bond acceptors (Lipinski definition) is 5. The van der Waals surface area contributed by atoms with Crippen LogP contribution in [-0.2, 0) is 45.0 Å². The zero-order valence-electron chi connectivity index (χ0n) is 24.3. The van der Waals surface area contributed by atoms with Gasteiger partial charge in [-0.2, -0.15) is 0 Å². The van der Waals surface area contributed by atoms with Gasteiger partial charge in [-0.3, -0.25) is 4.98 Å². The monoisotopic (exact) mass is 643 g/mol. The molecule has 0 aromatic carbocycles. The fourth-order valence-corrected chi connectivity index (χ4v) is 5.32. The van der Waals surface area contributed by atoms with Crippen LogP contribution in [0.4, 0.5) is 0 Å². The molecule has 2 aliphatic heterocycles. The van der Waals surface area contributed by atoms with Gasteiger partial charge < -0.3 is 21.3 Å². The van der Waals surface area contributed by atoms with Gasteiger partial charge >= 0.3 is 34.1 Å². The first-order valence-electron chi connectivity index (χ1n) is 14.2. The van der Waals surface area contributed by atoms with Crippen LogP contribution in [0.15, 0.2) is 18.2 Å². The van der Waals surface area contributed by atoms with E-state index in [2.05, 4.69) is 105 Å². The Balaban J connectivity index is 0.000000341. The van der Waals surface area contributed by atoms with Gasteiger partial charge in [0, 0.05) is 60.2 Å². The largest absolute Gasteiger partial charge is 2.00 e. The summed E-state index contributed by atoms with van der Waals surface area (Å²) in [4.78, 5) is 5.18. The minimum Gasteiger partial charge on any atom is -0.300 e. The van der Waals surface area contributed by atoms with Gasteiger partial charge in [0.2, 0.25) is 0 Å². The molecule has 1 aromatic rings. The number of aromatic nitrogens is 1. The third-order valence-electron chi connectivity index (χ3n) is 7.93. The summed E-state index contributed by atoms with van der Waals surface area (Å²) in [6, 6.07) is 6.52. The van der Waals surface area contributed by atoms with Gasteiger partial charge in [-0.1, -0.05) is 19.9 Å². The second-order valence-electron chi connectivity index (χ2n) is 11.3. The van der Waals surface area contributed by atoms with Gasteiger partial charge in [-0.25, -0.2) is 0 Å². The molecular weight excluding hydrogens is 602 g/mol. The molecule has 4 saturated carbocycles. The zero-order valence-corrected chi connectivity index (χ0v) is 26.5. The maximum Gasteiger partial charge on any atom is 2.00 e. The van der Waals surface area contributed by atoms with E-state index < -0.39 is 0 Å². The Morgan fingerprint density at radius 2 is 0.786 bits per heavy atom. The average molecular weight is 643 g/mol. The third-order valence-corrected chi connectivity index (χ3v) is 7.93. The first-order chi connectivity index (χ1) is 19.6. The summed E-state index contributed by atoms with van der Waals surface area (Å²) in [5.74, 6) is 2.59. The molecule has 5 nitrogen and oxygen atoms in total. The summed E-state index contributed by atoms with van der Waals surface area (Å²) in [5, 5.41) is 14.7. The maximum atomic E-state index is 5.18. The molecule has 0 amide bonds. The van der Waals surface area contributed by atoms with E-state index >= 15 is 0 Å². The molecule has 2 saturated heterocycles. The predicted octanol–water partition coefficient (Wildman–Crippen LogP) is 3.48. The van der Waals surface area contributed by atoms with Crippen LogP contribution in [0, 0.1) is 127 Å². The molecule has 42 heavy (non-hydrogen) atoms. The van der Waals surface area contributed by atoms with E-state index in [4.69, 9.17) is 4.98 Å². The van der Waals surface area contributed by atoms with Crippen LogP contribution >= 0.6 is 0 Å². The van der Waals surface area contributed by atoms with Crippen LogP contribution in [-0.4, -0.2) is 43.5 Å². The fourth-order valence-electron chi connectivity index (χ4n) is 5.32. The quantitative estimate of drug-likeness (QED) is 0.379. The first-order valence-corrected chi connectivity index (χ1v) is 14.2. The molecule has 20 radical (unpaired) electrons. The third kappa shape index (κ3) is 10.0. The van der Waals surface area contributed by atoms with E-state index in [0.717, 1.165) is 37.6 Å². The molecule has 0 atom stereocenters. The Bertz CT molecular complexity index is 779. The zero-order chi connectivity index (χ0) is 27.7. The van der Waals surface area contributed by atoms with Crippen LogP contribution in [0.2, 0.25) is 0 Å². The summed E-state index contributed by atoms with van der Waals surface area (Å²) in [6.07, 6.45) is 37.5. The van der Waals surface area contributed by atoms with Crippen molar-refractivity contribution in [2.75, 3.05) is 26.2 Å². The van der Waals surface area contributed by atoms with Crippen molar-refractivity contribution in [3.8, 4) is 0 Å². The smallest absolute Gasteiger partial charge is 0.300 e. The summed E-state index contributed by atoms with van der Waals surface area (Å²) in [6.45, 7) is 8.20. The summed E-state index contributed by atoms with van der Waals surface area (Å²) >= 11 is 0. The van der Waals surface area contributed by atoms with Crippen LogP contribution in [0.5, 0.6) is 0 Å². The standard InChI is InChI=1S/C25H31N5.2C5H5.2Fe/c1-24(14-26-22(27-15-24)18-8-3-4-9-18)20-12-7-13-21(30-20)25(2)16-28-23(29-17-25)19-10-5-6-11-19;2*1-2-4-5-3-1;;/h3-13,22-23,26-29H,14-17H2,1-2H3;2*1-5H;;/q;;;2*+2. The summed E-state index contributed by atoms with van der Waals surface area (Å²) in [5.41, 5.74) is 2.23. The van der Waals surface area contributed by atoms with Gasteiger partial charge in [0.1, 0.15) is 0 Å². The van der Waals surface area contributed by atoms with Crippen LogP contribution < -0.4 is 21.3 Å². The number of rotatable bonds is 4. The van der Waals surface area contributed by atoms with Gasteiger partial charge in [0.15, 0.2) is 0 Å². The molecule has 3 heterocycles. The molecular formula is C35H41Fe2N5+4. The number of pyridine rings is 1. The summed E-state index contributed by atoms with van der Waals surface area (Å²) in [7, 11) is 0. The van der Waals surface area contributed by atoms with Gasteiger partial charge in [0.05, 0.1) is 12.3 Å². The Labute approximate surface area is 279 Å². The molecule has 1 aromatic heterocycles. The molecule has 6 aliphatic rings. The first kappa shape index (κ1) is 36.5. The van der Waals surface area contributed by atoms with Crippen molar-refractivity contribution >= 4 is 0 Å². The van der Waals surface area contributed by atoms with Crippen LogP contribution in [0.25, 0.3) is 0 Å². The minimum absolute atomic E-state index is 0. The molecule has 218 valence electrons. The van der Waals surface area contributed by atoms with E-state index in [0.29, 0.717) is 0 Å². The average Bonchev–Trinajstić information content (AvgIpc) is 3.83. The van der Waals surface area contributed by atoms with E-state index in [-0.39, 0.29) is 57.3 Å². The van der Waals surface area contributed by atoms with E-state index in [1.807, 2.05) is 64.2 Å². The van der Waals surface area contributed by atoms with Gasteiger partial charge in [-0.05, 0) is 128 Å². The van der Waals surface area contributed by atoms with Crippen molar-refractivity contribution in [1.82, 2.24) is 26.3 Å². The fraction of sp³-hybridized carbons (Fsp3) is 0.286. The van der Waals surface area contributed by atoms with Crippen LogP contribution in [0.1, 0.15) is 25.2 Å². The van der Waals surface area contributed by atoms with Crippen molar-refractivity contribution in [2.45, 2.75) is 37.0 Å². The second kappa shape index (κ2) is 18.2. The molecule has 6 fully saturated rings. The van der Waals surface area contributed by atoms with E-state index in [9.17, 15) is 0 Å². The predicted molar refractivity (Wildman–Crippen MR) is 162 cm³/mol. The normalized spacial score (nSPS) is 33.5. The van der Waals surface area contributed by atoms with Crippen molar-refractivity contribution in [1.29, 1.82) is 0 Å². The second-order valence-corrected chi connectivity index (χ2v) is 11.3. The summed E-state index contributed by atoms with van der Waals surface area (Å²) < 4.78 is 0. The Morgan fingerprint density at radius 3 is 1.07 bits per heavy atom. The molecule has 4 N–H and O–H groups in total. The van der Waals surface area contributed by atoms with Crippen molar-refractivity contribution in [2.24, 2.45) is 0 Å². The van der Waals surface area contributed by atoms with Gasteiger partial charge in [0.25, 0.3) is 0 Å². The topological polar surface area (TPSA) is 61.0 Å². The number of nitrogens with zero attached hydrogens (tertiary/aromatic N) is 1. The van der Waals surface area contributed by atoms with Crippen molar-refractivity contribution in [3.05, 3.63) is 157 Å². The van der Waals surface area contributed by atoms with E-state index in [1.54, 1.807) is 0 Å². The Kier molecular flexibility index (Phi) is 15.9. The van der Waals surface area contributed by atoms with Crippen LogP contribution in [0.3, 0.4) is 0 Å². The molecule has 0 unspecified atom stereocenters. The number of hydrogen-bond donors (Lipinski definition) is 4. The Morgan fingerprint density at radius 1 is 0.500 bits per heavy atom. The van der Waals surface area contributed by atoms with Crippen molar-refractivity contribution in [3.63, 3.8) is 0 Å². The molecule has 0 spiro atoms. The maximum absolute atomic E-state index is 5.18. The van der Waals surface area contributed by atoms with Crippen molar-refractivity contribution < 1.29 is 34.1 Å². The van der Waals surface area contributed by atoms with Gasteiger partial charge in [-0.15, -0.1) is 0 Å². The molecule has 4 aliphatic carbocycles. The SMILES string of the molecule is CC1(c2cccc(C3(C)CNC([C]4[CH][CH][CH][CH]4)NC3)n2)CNC([C]2[CH][CH][CH][CH]2)NC1.[CH]1[CH][CH][CH][CH]1.[CH]1[CH][CH][CH][CH]1.[Fe+2].[Fe+2]. The molecule has 7 heteroatoms. The van der Waals surface area contributed by atoms with E-state index in [1.165, 1.54) is 11.8 Å². The molecule has 7 rings (SSSR count). The Hall–Kier alpha value is 0.0290. The minimum atomic E-state index is -0.0389.